The highest BCUT2D eigenvalue weighted by molar-refractivity contribution is 5.22. The van der Waals surface area contributed by atoms with Crippen LogP contribution < -0.4 is 10.6 Å². The van der Waals surface area contributed by atoms with Gasteiger partial charge in [0.1, 0.15) is 0 Å². The standard InChI is InChI=1S/C16H26N2/c1-14-4-2-5-15(12-14)7-10-17-11-8-16-6-3-9-18-13-16/h2,4-5,12,16-18H,3,6-11,13H2,1H3. The lowest BCUT2D eigenvalue weighted by molar-refractivity contribution is 0.352. The summed E-state index contributed by atoms with van der Waals surface area (Å²) < 4.78 is 0. The fraction of sp³-hybridized carbons (Fsp3) is 0.625. The number of aryl methyl sites for hydroxylation is 1. The average molecular weight is 246 g/mol. The second-order valence-electron chi connectivity index (χ2n) is 5.49. The van der Waals surface area contributed by atoms with Crippen LogP contribution in [0.25, 0.3) is 0 Å². The number of piperidine rings is 1. The first-order chi connectivity index (χ1) is 8.84. The zero-order valence-corrected chi connectivity index (χ0v) is 11.5. The molecule has 2 heteroatoms. The van der Waals surface area contributed by atoms with E-state index in [1.807, 2.05) is 0 Å². The molecule has 0 amide bonds. The molecular weight excluding hydrogens is 220 g/mol. The first-order valence-electron chi connectivity index (χ1n) is 7.31. The van der Waals surface area contributed by atoms with E-state index in [0.29, 0.717) is 0 Å². The summed E-state index contributed by atoms with van der Waals surface area (Å²) in [7, 11) is 0. The van der Waals surface area contributed by atoms with Crippen LogP contribution in [0.2, 0.25) is 0 Å². The third kappa shape index (κ3) is 4.79. The van der Waals surface area contributed by atoms with Gasteiger partial charge >= 0.3 is 0 Å². The SMILES string of the molecule is Cc1cccc(CCNCCC2CCCNC2)c1. The number of hydrogen-bond acceptors (Lipinski definition) is 2. The number of rotatable bonds is 6. The Bertz CT molecular complexity index is 343. The lowest BCUT2D eigenvalue weighted by Crippen LogP contribution is -2.32. The van der Waals surface area contributed by atoms with Gasteiger partial charge in [0.15, 0.2) is 0 Å². The van der Waals surface area contributed by atoms with Crippen LogP contribution in [0.5, 0.6) is 0 Å². The molecule has 1 aliphatic rings. The highest BCUT2D eigenvalue weighted by atomic mass is 14.9. The minimum Gasteiger partial charge on any atom is -0.316 e. The van der Waals surface area contributed by atoms with Gasteiger partial charge in [-0.25, -0.2) is 0 Å². The molecule has 0 spiro atoms. The summed E-state index contributed by atoms with van der Waals surface area (Å²) in [6.45, 7) is 6.87. The van der Waals surface area contributed by atoms with Crippen LogP contribution in [-0.4, -0.2) is 26.2 Å². The summed E-state index contributed by atoms with van der Waals surface area (Å²) in [5.74, 6) is 0.894. The molecule has 1 atom stereocenters. The third-order valence-corrected chi connectivity index (χ3v) is 3.80. The molecule has 0 saturated carbocycles. The van der Waals surface area contributed by atoms with Crippen LogP contribution in [-0.2, 0) is 6.42 Å². The molecule has 2 N–H and O–H groups in total. The van der Waals surface area contributed by atoms with Gasteiger partial charge in [-0.05, 0) is 70.3 Å². The first kappa shape index (κ1) is 13.6. The fourth-order valence-electron chi connectivity index (χ4n) is 2.70. The molecule has 1 aromatic carbocycles. The van der Waals surface area contributed by atoms with Crippen LogP contribution in [0, 0.1) is 12.8 Å². The van der Waals surface area contributed by atoms with Gasteiger partial charge in [-0.2, -0.15) is 0 Å². The van der Waals surface area contributed by atoms with Crippen LogP contribution in [0.1, 0.15) is 30.4 Å². The summed E-state index contributed by atoms with van der Waals surface area (Å²) in [6.07, 6.45) is 5.23. The van der Waals surface area contributed by atoms with E-state index in [-0.39, 0.29) is 0 Å². The Labute approximate surface area is 111 Å². The minimum atomic E-state index is 0.894. The summed E-state index contributed by atoms with van der Waals surface area (Å²) >= 11 is 0. The van der Waals surface area contributed by atoms with E-state index in [1.165, 1.54) is 43.5 Å². The van der Waals surface area contributed by atoms with Gasteiger partial charge < -0.3 is 10.6 Å². The quantitative estimate of drug-likeness (QED) is 0.754. The predicted molar refractivity (Wildman–Crippen MR) is 78.0 cm³/mol. The topological polar surface area (TPSA) is 24.1 Å². The Morgan fingerprint density at radius 2 is 2.28 bits per heavy atom. The number of benzene rings is 1. The molecule has 100 valence electrons. The second kappa shape index (κ2) is 7.55. The van der Waals surface area contributed by atoms with Gasteiger partial charge in [0.05, 0.1) is 0 Å². The largest absolute Gasteiger partial charge is 0.316 e. The predicted octanol–water partition coefficient (Wildman–Crippen LogP) is 2.52. The van der Waals surface area contributed by atoms with Crippen LogP contribution in [0.3, 0.4) is 0 Å². The molecule has 0 bridgehead atoms. The minimum absolute atomic E-state index is 0.894. The molecule has 1 unspecified atom stereocenters. The van der Waals surface area contributed by atoms with Gasteiger partial charge in [0.25, 0.3) is 0 Å². The lowest BCUT2D eigenvalue weighted by Gasteiger charge is -2.22. The average Bonchev–Trinajstić information content (AvgIpc) is 2.40. The van der Waals surface area contributed by atoms with Gasteiger partial charge in [-0.15, -0.1) is 0 Å². The Balaban J connectivity index is 1.55. The normalized spacial score (nSPS) is 19.9. The molecule has 1 aliphatic heterocycles. The van der Waals surface area contributed by atoms with E-state index in [4.69, 9.17) is 0 Å². The van der Waals surface area contributed by atoms with Crippen molar-refractivity contribution in [1.29, 1.82) is 0 Å². The molecular formula is C16H26N2. The number of hydrogen-bond donors (Lipinski definition) is 2. The van der Waals surface area contributed by atoms with Gasteiger partial charge in [-0.1, -0.05) is 29.8 Å². The van der Waals surface area contributed by atoms with E-state index in [0.717, 1.165) is 25.4 Å². The Kier molecular flexibility index (Phi) is 5.69. The monoisotopic (exact) mass is 246 g/mol. The molecule has 2 nitrogen and oxygen atoms in total. The Hall–Kier alpha value is -0.860. The van der Waals surface area contributed by atoms with E-state index in [1.54, 1.807) is 0 Å². The molecule has 1 fully saturated rings. The molecule has 2 rings (SSSR count). The fourth-order valence-corrected chi connectivity index (χ4v) is 2.70. The molecule has 0 aromatic heterocycles. The smallest absolute Gasteiger partial charge is 0.000835 e. The van der Waals surface area contributed by atoms with Crippen LogP contribution in [0.4, 0.5) is 0 Å². The van der Waals surface area contributed by atoms with E-state index in [9.17, 15) is 0 Å². The Morgan fingerprint density at radius 3 is 3.06 bits per heavy atom. The van der Waals surface area contributed by atoms with Gasteiger partial charge in [-0.3, -0.25) is 0 Å². The van der Waals surface area contributed by atoms with Gasteiger partial charge in [0, 0.05) is 0 Å². The summed E-state index contributed by atoms with van der Waals surface area (Å²) in [4.78, 5) is 0. The van der Waals surface area contributed by atoms with Crippen molar-refractivity contribution in [3.05, 3.63) is 35.4 Å². The van der Waals surface area contributed by atoms with Crippen LogP contribution in [0.15, 0.2) is 24.3 Å². The molecule has 1 heterocycles. The molecule has 18 heavy (non-hydrogen) atoms. The maximum Gasteiger partial charge on any atom is -0.000835 e. The maximum atomic E-state index is 3.57. The van der Waals surface area contributed by atoms with E-state index < -0.39 is 0 Å². The van der Waals surface area contributed by atoms with Crippen molar-refractivity contribution in [3.8, 4) is 0 Å². The van der Waals surface area contributed by atoms with E-state index >= 15 is 0 Å². The van der Waals surface area contributed by atoms with Crippen LogP contribution >= 0.6 is 0 Å². The van der Waals surface area contributed by atoms with Gasteiger partial charge in [0.2, 0.25) is 0 Å². The van der Waals surface area contributed by atoms with Crippen molar-refractivity contribution >= 4 is 0 Å². The highest BCUT2D eigenvalue weighted by Crippen LogP contribution is 2.12. The summed E-state index contributed by atoms with van der Waals surface area (Å²) in [5.41, 5.74) is 2.81. The zero-order valence-electron chi connectivity index (χ0n) is 11.5. The lowest BCUT2D eigenvalue weighted by atomic mass is 9.96. The van der Waals surface area contributed by atoms with Crippen molar-refractivity contribution in [1.82, 2.24) is 10.6 Å². The first-order valence-corrected chi connectivity index (χ1v) is 7.31. The molecule has 0 aliphatic carbocycles. The molecule has 0 radical (unpaired) electrons. The highest BCUT2D eigenvalue weighted by Gasteiger charge is 2.11. The molecule has 1 aromatic rings. The molecule has 1 saturated heterocycles. The van der Waals surface area contributed by atoms with Crippen molar-refractivity contribution in [2.45, 2.75) is 32.6 Å². The third-order valence-electron chi connectivity index (χ3n) is 3.80. The van der Waals surface area contributed by atoms with Crippen molar-refractivity contribution in [3.63, 3.8) is 0 Å². The second-order valence-corrected chi connectivity index (χ2v) is 5.49. The van der Waals surface area contributed by atoms with Crippen molar-refractivity contribution < 1.29 is 0 Å². The van der Waals surface area contributed by atoms with Crippen molar-refractivity contribution in [2.75, 3.05) is 26.2 Å². The number of nitrogens with one attached hydrogen (secondary N) is 2. The summed E-state index contributed by atoms with van der Waals surface area (Å²) in [6, 6.07) is 8.82. The van der Waals surface area contributed by atoms with E-state index in [2.05, 4.69) is 41.8 Å². The Morgan fingerprint density at radius 1 is 1.33 bits per heavy atom. The maximum absolute atomic E-state index is 3.57. The zero-order chi connectivity index (χ0) is 12.6. The summed E-state index contributed by atoms with van der Waals surface area (Å²) in [5, 5.41) is 7.05. The van der Waals surface area contributed by atoms with Crippen molar-refractivity contribution in [2.24, 2.45) is 5.92 Å².